The van der Waals surface area contributed by atoms with Gasteiger partial charge in [0.25, 0.3) is 5.56 Å². The molecule has 1 N–H and O–H groups in total. The quantitative estimate of drug-likeness (QED) is 0.244. The SMILES string of the molecule is Cc1ccc2cc(C(c3nnnn3Cc3ccccc3)N3CCN(C(c4ccccc4)c4ccccc4)CC3)c(=O)[nH]c2c1C. The molecule has 7 rings (SSSR count). The first-order valence-corrected chi connectivity index (χ1v) is 15.6. The third-order valence-corrected chi connectivity index (χ3v) is 9.16. The number of hydrogen-bond donors (Lipinski definition) is 1. The molecule has 6 aromatic rings. The summed E-state index contributed by atoms with van der Waals surface area (Å²) in [6.45, 7) is 7.81. The first-order valence-electron chi connectivity index (χ1n) is 15.6. The average molecular weight is 596 g/mol. The molecular formula is C37H37N7O. The van der Waals surface area contributed by atoms with E-state index in [-0.39, 0.29) is 11.6 Å². The Morgan fingerprint density at radius 1 is 0.733 bits per heavy atom. The lowest BCUT2D eigenvalue weighted by molar-refractivity contribution is 0.0857. The lowest BCUT2D eigenvalue weighted by Crippen LogP contribution is -2.50. The highest BCUT2D eigenvalue weighted by Gasteiger charge is 2.35. The summed E-state index contributed by atoms with van der Waals surface area (Å²) >= 11 is 0. The fourth-order valence-electron chi connectivity index (χ4n) is 6.66. The molecule has 1 aliphatic heterocycles. The summed E-state index contributed by atoms with van der Waals surface area (Å²) in [6, 6.07) is 37.6. The zero-order valence-corrected chi connectivity index (χ0v) is 25.7. The minimum Gasteiger partial charge on any atom is -0.321 e. The van der Waals surface area contributed by atoms with Gasteiger partial charge in [-0.15, -0.1) is 5.10 Å². The number of rotatable bonds is 8. The van der Waals surface area contributed by atoms with Crippen LogP contribution in [-0.4, -0.2) is 61.2 Å². The number of benzene rings is 4. The first-order chi connectivity index (χ1) is 22.1. The molecule has 0 spiro atoms. The Labute approximate surface area is 263 Å². The Balaban J connectivity index is 1.26. The van der Waals surface area contributed by atoms with Gasteiger partial charge in [0.2, 0.25) is 0 Å². The van der Waals surface area contributed by atoms with Crippen LogP contribution in [0.4, 0.5) is 0 Å². The van der Waals surface area contributed by atoms with Crippen molar-refractivity contribution < 1.29 is 0 Å². The van der Waals surface area contributed by atoms with Crippen molar-refractivity contribution in [1.29, 1.82) is 0 Å². The standard InChI is InChI=1S/C37H37N7O/c1-26-18-19-31-24-32(37(45)38-33(31)27(26)2)35(36-39-40-41-44(36)25-28-12-6-3-7-13-28)43-22-20-42(21-23-43)34(29-14-8-4-9-15-29)30-16-10-5-11-17-30/h3-19,24,34-35H,20-23,25H2,1-2H3,(H,38,45). The minimum absolute atomic E-state index is 0.107. The first kappa shape index (κ1) is 28.8. The van der Waals surface area contributed by atoms with Crippen LogP contribution in [0.1, 0.15) is 51.3 Å². The van der Waals surface area contributed by atoms with Crippen LogP contribution in [0.2, 0.25) is 0 Å². The molecule has 1 unspecified atom stereocenters. The fraction of sp³-hybridized carbons (Fsp3) is 0.243. The van der Waals surface area contributed by atoms with Crippen molar-refractivity contribution in [1.82, 2.24) is 35.0 Å². The van der Waals surface area contributed by atoms with Gasteiger partial charge in [-0.1, -0.05) is 103 Å². The van der Waals surface area contributed by atoms with E-state index in [1.54, 1.807) is 0 Å². The second-order valence-electron chi connectivity index (χ2n) is 11.9. The van der Waals surface area contributed by atoms with Crippen molar-refractivity contribution in [3.63, 3.8) is 0 Å². The number of nitrogens with zero attached hydrogens (tertiary/aromatic N) is 6. The van der Waals surface area contributed by atoms with E-state index >= 15 is 0 Å². The summed E-state index contributed by atoms with van der Waals surface area (Å²) in [7, 11) is 0. The molecule has 0 aliphatic carbocycles. The zero-order valence-electron chi connectivity index (χ0n) is 25.7. The van der Waals surface area contributed by atoms with Gasteiger partial charge in [0.15, 0.2) is 5.82 Å². The largest absolute Gasteiger partial charge is 0.321 e. The molecule has 45 heavy (non-hydrogen) atoms. The molecule has 3 heterocycles. The maximum atomic E-state index is 13.9. The van der Waals surface area contributed by atoms with Crippen molar-refractivity contribution in [3.05, 3.63) is 159 Å². The Morgan fingerprint density at radius 3 is 1.93 bits per heavy atom. The summed E-state index contributed by atoms with van der Waals surface area (Å²) in [5.41, 5.74) is 7.32. The highest BCUT2D eigenvalue weighted by molar-refractivity contribution is 5.83. The van der Waals surface area contributed by atoms with E-state index < -0.39 is 6.04 Å². The van der Waals surface area contributed by atoms with E-state index in [9.17, 15) is 4.79 Å². The highest BCUT2D eigenvalue weighted by atomic mass is 16.1. The van der Waals surface area contributed by atoms with Crippen molar-refractivity contribution in [3.8, 4) is 0 Å². The molecule has 1 saturated heterocycles. The molecule has 1 atom stereocenters. The summed E-state index contributed by atoms with van der Waals surface area (Å²) in [5.74, 6) is 0.670. The molecule has 226 valence electrons. The van der Waals surface area contributed by atoms with Crippen molar-refractivity contribution >= 4 is 10.9 Å². The number of aromatic nitrogens is 5. The van der Waals surface area contributed by atoms with Gasteiger partial charge in [-0.2, -0.15) is 0 Å². The van der Waals surface area contributed by atoms with E-state index in [1.807, 2.05) is 28.9 Å². The molecule has 4 aromatic carbocycles. The topological polar surface area (TPSA) is 82.9 Å². The Kier molecular flexibility index (Phi) is 8.07. The van der Waals surface area contributed by atoms with Crippen molar-refractivity contribution in [2.45, 2.75) is 32.5 Å². The number of piperazine rings is 1. The van der Waals surface area contributed by atoms with Crippen molar-refractivity contribution in [2.24, 2.45) is 0 Å². The Morgan fingerprint density at radius 2 is 1.31 bits per heavy atom. The van der Waals surface area contributed by atoms with Crippen LogP contribution in [0.25, 0.3) is 10.9 Å². The van der Waals surface area contributed by atoms with Crippen LogP contribution in [0.5, 0.6) is 0 Å². The average Bonchev–Trinajstić information content (AvgIpc) is 3.53. The molecule has 0 radical (unpaired) electrons. The van der Waals surface area contributed by atoms with Gasteiger partial charge in [-0.05, 0) is 63.5 Å². The number of aryl methyl sites for hydroxylation is 2. The molecule has 0 amide bonds. The van der Waals surface area contributed by atoms with Gasteiger partial charge >= 0.3 is 0 Å². The third-order valence-electron chi connectivity index (χ3n) is 9.16. The predicted octanol–water partition coefficient (Wildman–Crippen LogP) is 5.68. The molecule has 0 bridgehead atoms. The minimum atomic E-state index is -0.410. The molecule has 1 fully saturated rings. The number of hydrogen-bond acceptors (Lipinski definition) is 6. The third kappa shape index (κ3) is 5.82. The second-order valence-corrected chi connectivity index (χ2v) is 11.9. The molecule has 0 saturated carbocycles. The number of H-pyrrole nitrogens is 1. The number of pyridine rings is 1. The molecule has 8 nitrogen and oxygen atoms in total. The van der Waals surface area contributed by atoms with Gasteiger partial charge in [0.05, 0.1) is 18.1 Å². The fourth-order valence-corrected chi connectivity index (χ4v) is 6.66. The van der Waals surface area contributed by atoms with Gasteiger partial charge in [-0.25, -0.2) is 4.68 Å². The van der Waals surface area contributed by atoms with Crippen LogP contribution in [0, 0.1) is 13.8 Å². The normalized spacial score (nSPS) is 15.1. The van der Waals surface area contributed by atoms with E-state index in [0.29, 0.717) is 17.9 Å². The molecule has 2 aromatic heterocycles. The predicted molar refractivity (Wildman–Crippen MR) is 177 cm³/mol. The van der Waals surface area contributed by atoms with Crippen LogP contribution in [0.15, 0.2) is 114 Å². The lowest BCUT2D eigenvalue weighted by Gasteiger charge is -2.42. The molecular weight excluding hydrogens is 558 g/mol. The van der Waals surface area contributed by atoms with E-state index in [1.165, 1.54) is 11.1 Å². The maximum absolute atomic E-state index is 13.9. The van der Waals surface area contributed by atoms with Gasteiger partial charge in [0.1, 0.15) is 6.04 Å². The highest BCUT2D eigenvalue weighted by Crippen LogP contribution is 2.33. The number of nitrogens with one attached hydrogen (secondary N) is 1. The maximum Gasteiger partial charge on any atom is 0.253 e. The molecule has 8 heteroatoms. The van der Waals surface area contributed by atoms with Gasteiger partial charge in [-0.3, -0.25) is 14.6 Å². The molecule has 1 aliphatic rings. The smallest absolute Gasteiger partial charge is 0.253 e. The Hall–Kier alpha value is -4.92. The zero-order chi connectivity index (χ0) is 30.8. The lowest BCUT2D eigenvalue weighted by atomic mass is 9.95. The van der Waals surface area contributed by atoms with E-state index in [2.05, 4.69) is 129 Å². The summed E-state index contributed by atoms with van der Waals surface area (Å²) in [6.07, 6.45) is 0. The number of fused-ring (bicyclic) bond motifs is 1. The van der Waals surface area contributed by atoms with Gasteiger partial charge < -0.3 is 4.98 Å². The van der Waals surface area contributed by atoms with Crippen LogP contribution >= 0.6 is 0 Å². The summed E-state index contributed by atoms with van der Waals surface area (Å²) in [5, 5.41) is 14.1. The van der Waals surface area contributed by atoms with E-state index in [4.69, 9.17) is 0 Å². The van der Waals surface area contributed by atoms with Crippen LogP contribution in [0.3, 0.4) is 0 Å². The van der Waals surface area contributed by atoms with Crippen molar-refractivity contribution in [2.75, 3.05) is 26.2 Å². The van der Waals surface area contributed by atoms with Crippen LogP contribution in [-0.2, 0) is 6.54 Å². The van der Waals surface area contributed by atoms with Crippen LogP contribution < -0.4 is 5.56 Å². The monoisotopic (exact) mass is 595 g/mol. The number of aromatic amines is 1. The van der Waals surface area contributed by atoms with E-state index in [0.717, 1.165) is 53.8 Å². The summed E-state index contributed by atoms with van der Waals surface area (Å²) in [4.78, 5) is 22.0. The Bertz CT molecular complexity index is 1910. The van der Waals surface area contributed by atoms with Gasteiger partial charge in [0, 0.05) is 31.7 Å². The second kappa shape index (κ2) is 12.6. The number of tetrazole rings is 1. The summed E-state index contributed by atoms with van der Waals surface area (Å²) < 4.78 is 1.84.